The van der Waals surface area contributed by atoms with E-state index >= 15 is 0 Å². The molecule has 0 atom stereocenters. The van der Waals surface area contributed by atoms with E-state index in [-0.39, 0.29) is 16.2 Å². The van der Waals surface area contributed by atoms with Crippen molar-refractivity contribution in [2.24, 2.45) is 0 Å². The van der Waals surface area contributed by atoms with Crippen LogP contribution in [0.1, 0.15) is 28.7 Å². The third kappa shape index (κ3) is 2.20. The van der Waals surface area contributed by atoms with Crippen LogP contribution in [0.25, 0.3) is 0 Å². The Hall–Kier alpha value is -1.34. The first kappa shape index (κ1) is 13.7. The molecule has 0 saturated heterocycles. The van der Waals surface area contributed by atoms with E-state index < -0.39 is 16.0 Å². The molecule has 1 aromatic rings. The maximum absolute atomic E-state index is 12.2. The van der Waals surface area contributed by atoms with Crippen molar-refractivity contribution in [1.29, 1.82) is 0 Å². The predicted molar refractivity (Wildman–Crippen MR) is 62.7 cm³/mol. The van der Waals surface area contributed by atoms with E-state index in [9.17, 15) is 13.2 Å². The maximum atomic E-state index is 12.2. The van der Waals surface area contributed by atoms with E-state index in [4.69, 9.17) is 5.11 Å². The van der Waals surface area contributed by atoms with Crippen molar-refractivity contribution in [2.45, 2.75) is 25.7 Å². The topological polar surface area (TPSA) is 90.5 Å². The van der Waals surface area contributed by atoms with Gasteiger partial charge in [0.25, 0.3) is 0 Å². The summed E-state index contributed by atoms with van der Waals surface area (Å²) in [5, 5.41) is 8.93. The number of aromatic amines is 1. The van der Waals surface area contributed by atoms with Gasteiger partial charge in [0.2, 0.25) is 10.0 Å². The first-order chi connectivity index (χ1) is 7.73. The van der Waals surface area contributed by atoms with Crippen LogP contribution in [0.15, 0.2) is 4.90 Å². The number of H-pyrrole nitrogens is 1. The van der Waals surface area contributed by atoms with Gasteiger partial charge in [-0.1, -0.05) is 6.92 Å². The fourth-order valence-electron chi connectivity index (χ4n) is 1.66. The lowest BCUT2D eigenvalue weighted by molar-refractivity contribution is 0.0690. The van der Waals surface area contributed by atoms with Gasteiger partial charge in [0, 0.05) is 24.8 Å². The van der Waals surface area contributed by atoms with Crippen LogP contribution in [-0.4, -0.2) is 42.4 Å². The first-order valence-corrected chi connectivity index (χ1v) is 6.56. The third-order valence-electron chi connectivity index (χ3n) is 2.70. The summed E-state index contributed by atoms with van der Waals surface area (Å²) < 4.78 is 25.5. The van der Waals surface area contributed by atoms with Crippen molar-refractivity contribution in [2.75, 3.05) is 13.6 Å². The number of carboxylic acid groups (broad SMARTS) is 1. The predicted octanol–water partition coefficient (Wildman–Crippen LogP) is 0.970. The third-order valence-corrected chi connectivity index (χ3v) is 4.90. The van der Waals surface area contributed by atoms with Crippen LogP contribution in [-0.2, 0) is 10.0 Å². The minimum Gasteiger partial charge on any atom is -0.477 e. The summed E-state index contributed by atoms with van der Waals surface area (Å²) in [5.74, 6) is -1.16. The molecular formula is C10H16N2O4S. The highest BCUT2D eigenvalue weighted by Crippen LogP contribution is 2.25. The molecule has 0 amide bonds. The van der Waals surface area contributed by atoms with Crippen molar-refractivity contribution in [3.05, 3.63) is 17.0 Å². The number of aryl methyl sites for hydroxylation is 1. The van der Waals surface area contributed by atoms with Gasteiger partial charge >= 0.3 is 5.97 Å². The summed E-state index contributed by atoms with van der Waals surface area (Å²) in [6.07, 6.45) is 0. The number of carboxylic acids is 1. The van der Waals surface area contributed by atoms with Crippen molar-refractivity contribution >= 4 is 16.0 Å². The van der Waals surface area contributed by atoms with E-state index in [2.05, 4.69) is 4.98 Å². The molecule has 0 aliphatic heterocycles. The van der Waals surface area contributed by atoms with Crippen LogP contribution >= 0.6 is 0 Å². The molecule has 17 heavy (non-hydrogen) atoms. The average Bonchev–Trinajstić information content (AvgIpc) is 2.53. The van der Waals surface area contributed by atoms with Crippen molar-refractivity contribution in [1.82, 2.24) is 9.29 Å². The SMILES string of the molecule is CCN(C)S(=O)(=O)c1c(C)[nH]c(C(=O)O)c1C. The fraction of sp³-hybridized carbons (Fsp3) is 0.500. The summed E-state index contributed by atoms with van der Waals surface area (Å²) in [6, 6.07) is 0. The van der Waals surface area contributed by atoms with E-state index in [1.165, 1.54) is 18.3 Å². The molecule has 2 N–H and O–H groups in total. The summed E-state index contributed by atoms with van der Waals surface area (Å²) in [6.45, 7) is 5.08. The highest BCUT2D eigenvalue weighted by atomic mass is 32.2. The van der Waals surface area contributed by atoms with Crippen LogP contribution in [0.3, 0.4) is 0 Å². The zero-order valence-electron chi connectivity index (χ0n) is 10.2. The standard InChI is InChI=1S/C10H16N2O4S/c1-5-12(4)17(15,16)9-6(2)8(10(13)14)11-7(9)3/h11H,5H2,1-4H3,(H,13,14). The van der Waals surface area contributed by atoms with E-state index in [0.717, 1.165) is 0 Å². The quantitative estimate of drug-likeness (QED) is 0.844. The van der Waals surface area contributed by atoms with Crippen LogP contribution in [0.4, 0.5) is 0 Å². The molecule has 0 aliphatic carbocycles. The molecule has 0 unspecified atom stereocenters. The Morgan fingerprint density at radius 2 is 1.94 bits per heavy atom. The average molecular weight is 260 g/mol. The molecule has 1 rings (SSSR count). The Morgan fingerprint density at radius 3 is 2.29 bits per heavy atom. The number of aromatic carboxylic acids is 1. The number of sulfonamides is 1. The van der Waals surface area contributed by atoms with Crippen LogP contribution in [0.5, 0.6) is 0 Å². The van der Waals surface area contributed by atoms with Gasteiger partial charge in [-0.25, -0.2) is 17.5 Å². The molecule has 0 spiro atoms. The second-order valence-electron chi connectivity index (χ2n) is 3.80. The number of aromatic nitrogens is 1. The minimum absolute atomic E-state index is 0.0549. The lowest BCUT2D eigenvalue weighted by Crippen LogP contribution is -2.27. The summed E-state index contributed by atoms with van der Waals surface area (Å²) >= 11 is 0. The molecular weight excluding hydrogens is 244 g/mol. The zero-order valence-corrected chi connectivity index (χ0v) is 11.1. The lowest BCUT2D eigenvalue weighted by Gasteiger charge is -2.15. The van der Waals surface area contributed by atoms with Gasteiger partial charge in [-0.15, -0.1) is 0 Å². The summed E-state index contributed by atoms with van der Waals surface area (Å²) in [7, 11) is -2.16. The summed E-state index contributed by atoms with van der Waals surface area (Å²) in [5.41, 5.74) is 0.515. The van der Waals surface area contributed by atoms with Gasteiger partial charge in [0.05, 0.1) is 0 Å². The molecule has 0 aromatic carbocycles. The molecule has 6 nitrogen and oxygen atoms in total. The molecule has 0 fully saturated rings. The molecule has 0 saturated carbocycles. The molecule has 96 valence electrons. The van der Waals surface area contributed by atoms with Crippen LogP contribution in [0, 0.1) is 13.8 Å². The van der Waals surface area contributed by atoms with Gasteiger partial charge in [-0.2, -0.15) is 0 Å². The second kappa shape index (κ2) is 4.50. The minimum atomic E-state index is -3.62. The molecule has 1 heterocycles. The first-order valence-electron chi connectivity index (χ1n) is 5.12. The second-order valence-corrected chi connectivity index (χ2v) is 5.79. The van der Waals surface area contributed by atoms with E-state index in [0.29, 0.717) is 12.2 Å². The fourth-order valence-corrected chi connectivity index (χ4v) is 3.24. The number of carbonyl (C=O) groups is 1. The Labute approximate surface area is 100 Å². The Balaban J connectivity index is 3.48. The van der Waals surface area contributed by atoms with Gasteiger partial charge in [-0.3, -0.25) is 0 Å². The Morgan fingerprint density at radius 1 is 1.41 bits per heavy atom. The van der Waals surface area contributed by atoms with Crippen molar-refractivity contribution < 1.29 is 18.3 Å². The Kier molecular flexibility index (Phi) is 3.63. The maximum Gasteiger partial charge on any atom is 0.352 e. The van der Waals surface area contributed by atoms with E-state index in [1.807, 2.05) is 0 Å². The number of rotatable bonds is 4. The monoisotopic (exact) mass is 260 g/mol. The molecule has 0 bridgehead atoms. The largest absolute Gasteiger partial charge is 0.477 e. The number of hydrogen-bond acceptors (Lipinski definition) is 3. The van der Waals surface area contributed by atoms with Gasteiger partial charge in [0.1, 0.15) is 10.6 Å². The van der Waals surface area contributed by atoms with Crippen LogP contribution < -0.4 is 0 Å². The highest BCUT2D eigenvalue weighted by molar-refractivity contribution is 7.89. The van der Waals surface area contributed by atoms with Gasteiger partial charge in [-0.05, 0) is 13.8 Å². The van der Waals surface area contributed by atoms with Crippen LogP contribution in [0.2, 0.25) is 0 Å². The summed E-state index contributed by atoms with van der Waals surface area (Å²) in [4.78, 5) is 13.6. The van der Waals surface area contributed by atoms with Crippen molar-refractivity contribution in [3.63, 3.8) is 0 Å². The lowest BCUT2D eigenvalue weighted by atomic mass is 10.2. The molecule has 7 heteroatoms. The smallest absolute Gasteiger partial charge is 0.352 e. The normalized spacial score (nSPS) is 12.1. The molecule has 0 radical (unpaired) electrons. The van der Waals surface area contributed by atoms with E-state index in [1.54, 1.807) is 13.8 Å². The van der Waals surface area contributed by atoms with Gasteiger partial charge < -0.3 is 10.1 Å². The number of nitrogens with one attached hydrogen (secondary N) is 1. The van der Waals surface area contributed by atoms with Crippen molar-refractivity contribution in [3.8, 4) is 0 Å². The molecule has 0 aliphatic rings. The highest BCUT2D eigenvalue weighted by Gasteiger charge is 2.28. The number of nitrogens with zero attached hydrogens (tertiary/aromatic N) is 1. The number of hydrogen-bond donors (Lipinski definition) is 2. The molecule has 1 aromatic heterocycles. The zero-order chi connectivity index (χ0) is 13.4. The van der Waals surface area contributed by atoms with Gasteiger partial charge in [0.15, 0.2) is 0 Å². The Bertz CT molecular complexity index is 545.